The summed E-state index contributed by atoms with van der Waals surface area (Å²) in [7, 11) is 0. The molecule has 6 nitrogen and oxygen atoms in total. The molecule has 22 heavy (non-hydrogen) atoms. The average molecular weight is 306 g/mol. The lowest BCUT2D eigenvalue weighted by Crippen LogP contribution is -2.35. The van der Waals surface area contributed by atoms with Gasteiger partial charge in [-0.3, -0.25) is 15.0 Å². The number of nitrogens with zero attached hydrogens (tertiary/aromatic N) is 2. The number of rotatable bonds is 8. The predicted molar refractivity (Wildman–Crippen MR) is 82.1 cm³/mol. The predicted octanol–water partition coefficient (Wildman–Crippen LogP) is 2.47. The number of benzene rings is 1. The minimum Gasteiger partial charge on any atom is -0.492 e. The van der Waals surface area contributed by atoms with E-state index in [1.54, 1.807) is 12.1 Å². The minimum atomic E-state index is -0.399. The van der Waals surface area contributed by atoms with Gasteiger partial charge in [0, 0.05) is 31.8 Å². The Morgan fingerprint density at radius 1 is 1.36 bits per heavy atom. The molecule has 0 N–H and O–H groups in total. The van der Waals surface area contributed by atoms with E-state index in [1.807, 2.05) is 0 Å². The lowest BCUT2D eigenvalue weighted by atomic mass is 10.1. The summed E-state index contributed by atoms with van der Waals surface area (Å²) in [4.78, 5) is 12.8. The van der Waals surface area contributed by atoms with Crippen molar-refractivity contribution in [3.05, 3.63) is 34.4 Å². The Hall–Kier alpha value is -1.66. The van der Waals surface area contributed by atoms with Crippen LogP contribution in [0.2, 0.25) is 0 Å². The first-order valence-corrected chi connectivity index (χ1v) is 7.91. The molecule has 6 heteroatoms. The van der Waals surface area contributed by atoms with E-state index in [1.165, 1.54) is 25.0 Å². The highest BCUT2D eigenvalue weighted by Crippen LogP contribution is 2.28. The van der Waals surface area contributed by atoms with E-state index in [4.69, 9.17) is 9.47 Å². The molecule has 1 aromatic carbocycles. The number of non-ortho nitro benzene ring substituents is 1. The fourth-order valence-electron chi connectivity index (χ4n) is 2.89. The summed E-state index contributed by atoms with van der Waals surface area (Å²) in [6.45, 7) is 4.25. The highest BCUT2D eigenvalue weighted by atomic mass is 16.6. The zero-order valence-corrected chi connectivity index (χ0v) is 12.6. The van der Waals surface area contributed by atoms with Gasteiger partial charge < -0.3 is 9.47 Å². The van der Waals surface area contributed by atoms with Crippen LogP contribution in [-0.4, -0.2) is 48.8 Å². The normalized spacial score (nSPS) is 21.2. The molecule has 0 radical (unpaired) electrons. The number of ether oxygens (including phenoxy) is 2. The monoisotopic (exact) mass is 306 g/mol. The Morgan fingerprint density at radius 3 is 2.91 bits per heavy atom. The fraction of sp³-hybridized carbons (Fsp3) is 0.625. The third-order valence-electron chi connectivity index (χ3n) is 4.26. The van der Waals surface area contributed by atoms with Crippen LogP contribution in [0.4, 0.5) is 5.69 Å². The third-order valence-corrected chi connectivity index (χ3v) is 4.26. The summed E-state index contributed by atoms with van der Waals surface area (Å²) >= 11 is 0. The molecule has 1 atom stereocenters. The van der Waals surface area contributed by atoms with Gasteiger partial charge in [0.1, 0.15) is 12.4 Å². The van der Waals surface area contributed by atoms with E-state index in [9.17, 15) is 10.1 Å². The molecule has 120 valence electrons. The largest absolute Gasteiger partial charge is 0.492 e. The first-order valence-electron chi connectivity index (χ1n) is 7.91. The lowest BCUT2D eigenvalue weighted by Gasteiger charge is -2.24. The Bertz CT molecular complexity index is 513. The van der Waals surface area contributed by atoms with Crippen LogP contribution in [0.1, 0.15) is 19.3 Å². The maximum absolute atomic E-state index is 10.8. The molecule has 0 aromatic heterocycles. The number of hydrogen-bond donors (Lipinski definition) is 0. The molecule has 1 aliphatic heterocycles. The molecule has 1 saturated carbocycles. The summed E-state index contributed by atoms with van der Waals surface area (Å²) in [6.07, 6.45) is 3.68. The topological polar surface area (TPSA) is 64.8 Å². The molecule has 0 spiro atoms. The second-order valence-corrected chi connectivity index (χ2v) is 6.06. The summed E-state index contributed by atoms with van der Waals surface area (Å²) in [5.41, 5.74) is 0.0691. The van der Waals surface area contributed by atoms with Crippen LogP contribution < -0.4 is 4.74 Å². The van der Waals surface area contributed by atoms with E-state index >= 15 is 0 Å². The van der Waals surface area contributed by atoms with Crippen LogP contribution >= 0.6 is 0 Å². The van der Waals surface area contributed by atoms with Crippen molar-refractivity contribution in [2.75, 3.05) is 32.9 Å². The Kier molecular flexibility index (Phi) is 4.90. The zero-order valence-electron chi connectivity index (χ0n) is 12.6. The Balaban J connectivity index is 1.47. The maximum atomic E-state index is 10.8. The van der Waals surface area contributed by atoms with Gasteiger partial charge in [0.25, 0.3) is 5.69 Å². The highest BCUT2D eigenvalue weighted by Gasteiger charge is 2.31. The molecule has 0 bridgehead atoms. The van der Waals surface area contributed by atoms with Gasteiger partial charge in [0.2, 0.25) is 0 Å². The molecule has 2 aliphatic rings. The second kappa shape index (κ2) is 7.07. The summed E-state index contributed by atoms with van der Waals surface area (Å²) in [6, 6.07) is 7.06. The number of nitro groups is 1. The molecular formula is C16H22N2O4. The van der Waals surface area contributed by atoms with Crippen molar-refractivity contribution in [3.8, 4) is 5.75 Å². The number of nitro benzene ring substituents is 1. The quantitative estimate of drug-likeness (QED) is 0.545. The fourth-order valence-corrected chi connectivity index (χ4v) is 2.89. The van der Waals surface area contributed by atoms with Crippen LogP contribution in [0.5, 0.6) is 5.75 Å². The van der Waals surface area contributed by atoms with Crippen LogP contribution in [0, 0.1) is 16.0 Å². The first kappa shape index (κ1) is 15.2. The molecule has 3 rings (SSSR count). The molecule has 1 unspecified atom stereocenters. The van der Waals surface area contributed by atoms with Gasteiger partial charge in [-0.2, -0.15) is 0 Å². The van der Waals surface area contributed by atoms with E-state index in [0.29, 0.717) is 24.3 Å². The van der Waals surface area contributed by atoms with E-state index in [0.717, 1.165) is 32.7 Å². The SMILES string of the molecule is O=[N+]([O-])c1cccc(OCCN(CC2CCOC2)C2CC2)c1. The van der Waals surface area contributed by atoms with Crippen molar-refractivity contribution >= 4 is 5.69 Å². The smallest absolute Gasteiger partial charge is 0.273 e. The van der Waals surface area contributed by atoms with Gasteiger partial charge in [-0.1, -0.05) is 6.07 Å². The van der Waals surface area contributed by atoms with Crippen LogP contribution in [-0.2, 0) is 4.74 Å². The van der Waals surface area contributed by atoms with Gasteiger partial charge in [-0.05, 0) is 31.2 Å². The third kappa shape index (κ3) is 4.18. The van der Waals surface area contributed by atoms with Crippen molar-refractivity contribution in [2.45, 2.75) is 25.3 Å². The van der Waals surface area contributed by atoms with Crippen LogP contribution in [0.3, 0.4) is 0 Å². The molecule has 2 fully saturated rings. The van der Waals surface area contributed by atoms with Crippen molar-refractivity contribution in [1.29, 1.82) is 0 Å². The maximum Gasteiger partial charge on any atom is 0.273 e. The van der Waals surface area contributed by atoms with E-state index in [-0.39, 0.29) is 5.69 Å². The van der Waals surface area contributed by atoms with Crippen molar-refractivity contribution in [3.63, 3.8) is 0 Å². The van der Waals surface area contributed by atoms with Gasteiger partial charge in [0.15, 0.2) is 0 Å². The first-order chi connectivity index (χ1) is 10.7. The molecule has 1 heterocycles. The van der Waals surface area contributed by atoms with Gasteiger partial charge >= 0.3 is 0 Å². The molecule has 1 saturated heterocycles. The molecule has 1 aliphatic carbocycles. The number of hydrogen-bond acceptors (Lipinski definition) is 5. The van der Waals surface area contributed by atoms with Crippen molar-refractivity contribution < 1.29 is 14.4 Å². The van der Waals surface area contributed by atoms with Gasteiger partial charge in [-0.15, -0.1) is 0 Å². The van der Waals surface area contributed by atoms with Crippen molar-refractivity contribution in [1.82, 2.24) is 4.90 Å². The van der Waals surface area contributed by atoms with E-state index < -0.39 is 4.92 Å². The Labute approximate surface area is 130 Å². The summed E-state index contributed by atoms with van der Waals surface area (Å²) in [5, 5.41) is 10.8. The van der Waals surface area contributed by atoms with Crippen LogP contribution in [0.15, 0.2) is 24.3 Å². The van der Waals surface area contributed by atoms with E-state index in [2.05, 4.69) is 4.90 Å². The van der Waals surface area contributed by atoms with Crippen molar-refractivity contribution in [2.24, 2.45) is 5.92 Å². The highest BCUT2D eigenvalue weighted by molar-refractivity contribution is 5.37. The summed E-state index contributed by atoms with van der Waals surface area (Å²) in [5.74, 6) is 1.20. The molecule has 1 aromatic rings. The average Bonchev–Trinajstić information content (AvgIpc) is 3.24. The minimum absolute atomic E-state index is 0.0691. The lowest BCUT2D eigenvalue weighted by molar-refractivity contribution is -0.384. The van der Waals surface area contributed by atoms with Gasteiger partial charge in [0.05, 0.1) is 17.6 Å². The summed E-state index contributed by atoms with van der Waals surface area (Å²) < 4.78 is 11.1. The molecule has 0 amide bonds. The Morgan fingerprint density at radius 2 is 2.23 bits per heavy atom. The standard InChI is InChI=1S/C16H22N2O4/c19-18(20)15-2-1-3-16(10-15)22-9-7-17(14-4-5-14)11-13-6-8-21-12-13/h1-3,10,13-14H,4-9,11-12H2. The zero-order chi connectivity index (χ0) is 15.4. The van der Waals surface area contributed by atoms with Gasteiger partial charge in [-0.25, -0.2) is 0 Å². The van der Waals surface area contributed by atoms with Crippen LogP contribution in [0.25, 0.3) is 0 Å². The second-order valence-electron chi connectivity index (χ2n) is 6.06. The molecular weight excluding hydrogens is 284 g/mol.